The van der Waals surface area contributed by atoms with Crippen LogP contribution in [0.4, 0.5) is 0 Å². The highest BCUT2D eigenvalue weighted by atomic mass is 16.1. The quantitative estimate of drug-likeness (QED) is 0.685. The fourth-order valence-corrected chi connectivity index (χ4v) is 1.54. The number of Topliss-reactive ketones (excluding diaryl/α,β-unsaturated/α-hetero) is 1. The summed E-state index contributed by atoms with van der Waals surface area (Å²) < 4.78 is 0. The van der Waals surface area contributed by atoms with Crippen molar-refractivity contribution < 1.29 is 4.79 Å². The molecule has 14 heavy (non-hydrogen) atoms. The van der Waals surface area contributed by atoms with Crippen LogP contribution in [0.25, 0.3) is 0 Å². The molecule has 0 spiro atoms. The SMILES string of the molecule is CCCC(C)C(=O)c1cncc(C)c1. The minimum atomic E-state index is 0.114. The lowest BCUT2D eigenvalue weighted by Crippen LogP contribution is -2.11. The van der Waals surface area contributed by atoms with Gasteiger partial charge in [0.25, 0.3) is 0 Å². The van der Waals surface area contributed by atoms with Gasteiger partial charge in [-0.2, -0.15) is 0 Å². The highest BCUT2D eigenvalue weighted by Crippen LogP contribution is 2.13. The van der Waals surface area contributed by atoms with Gasteiger partial charge in [-0.1, -0.05) is 20.3 Å². The van der Waals surface area contributed by atoms with E-state index in [0.717, 1.165) is 24.0 Å². The molecule has 0 saturated carbocycles. The highest BCUT2D eigenvalue weighted by Gasteiger charge is 2.14. The molecule has 0 aromatic carbocycles. The zero-order valence-electron chi connectivity index (χ0n) is 9.08. The predicted molar refractivity (Wildman–Crippen MR) is 57.4 cm³/mol. The summed E-state index contributed by atoms with van der Waals surface area (Å²) in [5, 5.41) is 0. The molecule has 1 rings (SSSR count). The predicted octanol–water partition coefficient (Wildman–Crippen LogP) is 3.01. The minimum Gasteiger partial charge on any atom is -0.294 e. The number of nitrogens with zero attached hydrogens (tertiary/aromatic N) is 1. The van der Waals surface area contributed by atoms with Crippen molar-refractivity contribution in [2.45, 2.75) is 33.6 Å². The standard InChI is InChI=1S/C12H17NO/c1-4-5-10(3)12(14)11-6-9(2)7-13-8-11/h6-8,10H,4-5H2,1-3H3. The van der Waals surface area contributed by atoms with Crippen molar-refractivity contribution in [2.75, 3.05) is 0 Å². The number of rotatable bonds is 4. The molecule has 1 unspecified atom stereocenters. The van der Waals surface area contributed by atoms with Crippen LogP contribution in [0.5, 0.6) is 0 Å². The summed E-state index contributed by atoms with van der Waals surface area (Å²) in [4.78, 5) is 15.9. The number of aromatic nitrogens is 1. The molecule has 0 bridgehead atoms. The van der Waals surface area contributed by atoms with Gasteiger partial charge in [0, 0.05) is 23.9 Å². The third-order valence-electron chi connectivity index (χ3n) is 2.33. The lowest BCUT2D eigenvalue weighted by molar-refractivity contribution is 0.0923. The van der Waals surface area contributed by atoms with E-state index in [4.69, 9.17) is 0 Å². The van der Waals surface area contributed by atoms with Crippen LogP contribution in [0, 0.1) is 12.8 Å². The van der Waals surface area contributed by atoms with Gasteiger partial charge in [-0.05, 0) is 25.0 Å². The maximum Gasteiger partial charge on any atom is 0.167 e. The molecule has 0 aliphatic rings. The summed E-state index contributed by atoms with van der Waals surface area (Å²) in [5.74, 6) is 0.326. The van der Waals surface area contributed by atoms with E-state index in [1.165, 1.54) is 0 Å². The Morgan fingerprint density at radius 2 is 2.21 bits per heavy atom. The highest BCUT2D eigenvalue weighted by molar-refractivity contribution is 5.97. The van der Waals surface area contributed by atoms with E-state index in [1.54, 1.807) is 12.4 Å². The molecular weight excluding hydrogens is 174 g/mol. The second-order valence-corrected chi connectivity index (χ2v) is 3.80. The van der Waals surface area contributed by atoms with Crippen LogP contribution in [0.3, 0.4) is 0 Å². The molecule has 0 amide bonds. The van der Waals surface area contributed by atoms with Crippen molar-refractivity contribution in [3.8, 4) is 0 Å². The molecule has 76 valence electrons. The van der Waals surface area contributed by atoms with Crippen molar-refractivity contribution in [3.63, 3.8) is 0 Å². The molecule has 0 fully saturated rings. The molecule has 0 aliphatic heterocycles. The molecule has 1 heterocycles. The minimum absolute atomic E-state index is 0.114. The van der Waals surface area contributed by atoms with Crippen LogP contribution in [-0.4, -0.2) is 10.8 Å². The number of hydrogen-bond acceptors (Lipinski definition) is 2. The van der Waals surface area contributed by atoms with Gasteiger partial charge in [-0.15, -0.1) is 0 Å². The Labute approximate surface area is 85.4 Å². The second kappa shape index (κ2) is 4.89. The van der Waals surface area contributed by atoms with Gasteiger partial charge >= 0.3 is 0 Å². The van der Waals surface area contributed by atoms with Gasteiger partial charge in [-0.3, -0.25) is 9.78 Å². The molecule has 1 aromatic heterocycles. The van der Waals surface area contributed by atoms with E-state index in [0.29, 0.717) is 0 Å². The van der Waals surface area contributed by atoms with Gasteiger partial charge in [0.15, 0.2) is 5.78 Å². The van der Waals surface area contributed by atoms with E-state index >= 15 is 0 Å². The normalized spacial score (nSPS) is 12.5. The lowest BCUT2D eigenvalue weighted by atomic mass is 9.96. The fourth-order valence-electron chi connectivity index (χ4n) is 1.54. The van der Waals surface area contributed by atoms with Gasteiger partial charge in [0.05, 0.1) is 0 Å². The number of ketones is 1. The lowest BCUT2D eigenvalue weighted by Gasteiger charge is -2.08. The second-order valence-electron chi connectivity index (χ2n) is 3.80. The van der Waals surface area contributed by atoms with Crippen LogP contribution in [-0.2, 0) is 0 Å². The molecule has 1 aromatic rings. The Kier molecular flexibility index (Phi) is 3.81. The molecule has 0 saturated heterocycles. The number of aryl methyl sites for hydroxylation is 1. The van der Waals surface area contributed by atoms with Crippen LogP contribution in [0.2, 0.25) is 0 Å². The summed E-state index contributed by atoms with van der Waals surface area (Å²) in [6.45, 7) is 6.03. The average Bonchev–Trinajstić information content (AvgIpc) is 2.17. The summed E-state index contributed by atoms with van der Waals surface area (Å²) in [5.41, 5.74) is 1.78. The Bertz CT molecular complexity index is 320. The third kappa shape index (κ3) is 2.66. The van der Waals surface area contributed by atoms with Crippen LogP contribution in [0.15, 0.2) is 18.5 Å². The van der Waals surface area contributed by atoms with E-state index in [2.05, 4.69) is 11.9 Å². The van der Waals surface area contributed by atoms with E-state index in [-0.39, 0.29) is 11.7 Å². The number of hydrogen-bond donors (Lipinski definition) is 0. The first kappa shape index (κ1) is 10.9. The van der Waals surface area contributed by atoms with Crippen molar-refractivity contribution in [3.05, 3.63) is 29.6 Å². The first-order valence-corrected chi connectivity index (χ1v) is 5.11. The van der Waals surface area contributed by atoms with E-state index in [9.17, 15) is 4.79 Å². The zero-order chi connectivity index (χ0) is 10.6. The van der Waals surface area contributed by atoms with Gasteiger partial charge < -0.3 is 0 Å². The number of carbonyl (C=O) groups is 1. The molecule has 0 aliphatic carbocycles. The summed E-state index contributed by atoms with van der Waals surface area (Å²) in [7, 11) is 0. The first-order valence-electron chi connectivity index (χ1n) is 5.11. The van der Waals surface area contributed by atoms with Crippen LogP contribution in [0.1, 0.15) is 42.6 Å². The number of carbonyl (C=O) groups excluding carboxylic acids is 1. The molecular formula is C12H17NO. The maximum absolute atomic E-state index is 11.8. The van der Waals surface area contributed by atoms with Crippen molar-refractivity contribution in [1.82, 2.24) is 4.98 Å². The number of pyridine rings is 1. The first-order chi connectivity index (χ1) is 6.65. The zero-order valence-corrected chi connectivity index (χ0v) is 9.08. The third-order valence-corrected chi connectivity index (χ3v) is 2.33. The molecule has 2 heteroatoms. The van der Waals surface area contributed by atoms with Gasteiger partial charge in [0.2, 0.25) is 0 Å². The summed E-state index contributed by atoms with van der Waals surface area (Å²) in [6, 6.07) is 1.90. The maximum atomic E-state index is 11.8. The molecule has 0 N–H and O–H groups in total. The smallest absolute Gasteiger partial charge is 0.167 e. The Morgan fingerprint density at radius 1 is 1.50 bits per heavy atom. The van der Waals surface area contributed by atoms with Crippen molar-refractivity contribution in [2.24, 2.45) is 5.92 Å². The van der Waals surface area contributed by atoms with Gasteiger partial charge in [-0.25, -0.2) is 0 Å². The molecule has 1 atom stereocenters. The van der Waals surface area contributed by atoms with Crippen LogP contribution >= 0.6 is 0 Å². The topological polar surface area (TPSA) is 30.0 Å². The van der Waals surface area contributed by atoms with E-state index in [1.807, 2.05) is 19.9 Å². The molecule has 0 radical (unpaired) electrons. The van der Waals surface area contributed by atoms with Crippen molar-refractivity contribution >= 4 is 5.78 Å². The van der Waals surface area contributed by atoms with Gasteiger partial charge in [0.1, 0.15) is 0 Å². The summed E-state index contributed by atoms with van der Waals surface area (Å²) >= 11 is 0. The van der Waals surface area contributed by atoms with Crippen molar-refractivity contribution in [1.29, 1.82) is 0 Å². The monoisotopic (exact) mass is 191 g/mol. The Morgan fingerprint density at radius 3 is 2.79 bits per heavy atom. The Balaban J connectivity index is 2.78. The summed E-state index contributed by atoms with van der Waals surface area (Å²) in [6.07, 6.45) is 5.42. The van der Waals surface area contributed by atoms with Crippen LogP contribution < -0.4 is 0 Å². The van der Waals surface area contributed by atoms with E-state index < -0.39 is 0 Å². The molecule has 2 nitrogen and oxygen atoms in total. The largest absolute Gasteiger partial charge is 0.294 e. The average molecular weight is 191 g/mol. The fraction of sp³-hybridized carbons (Fsp3) is 0.500. The Hall–Kier alpha value is -1.18.